The minimum absolute atomic E-state index is 0.0913. The lowest BCUT2D eigenvalue weighted by Gasteiger charge is -2.25. The van der Waals surface area contributed by atoms with Gasteiger partial charge in [-0.2, -0.15) is 4.98 Å². The van der Waals surface area contributed by atoms with Crippen LogP contribution in [0.1, 0.15) is 41.8 Å². The van der Waals surface area contributed by atoms with Gasteiger partial charge in [-0.3, -0.25) is 4.79 Å². The molecule has 0 aliphatic carbocycles. The van der Waals surface area contributed by atoms with Gasteiger partial charge in [0.1, 0.15) is 0 Å². The molecule has 1 amide bonds. The first-order chi connectivity index (χ1) is 10.3. The van der Waals surface area contributed by atoms with Crippen molar-refractivity contribution in [2.24, 2.45) is 0 Å². The van der Waals surface area contributed by atoms with E-state index in [-0.39, 0.29) is 17.8 Å². The van der Waals surface area contributed by atoms with E-state index >= 15 is 0 Å². The van der Waals surface area contributed by atoms with Gasteiger partial charge >= 0.3 is 0 Å². The first-order valence-electron chi connectivity index (χ1n) is 7.31. The summed E-state index contributed by atoms with van der Waals surface area (Å²) in [6, 6.07) is 0.0913. The molecule has 7 heteroatoms. The van der Waals surface area contributed by atoms with Crippen molar-refractivity contribution in [1.82, 2.24) is 20.4 Å². The lowest BCUT2D eigenvalue weighted by atomic mass is 10.1. The van der Waals surface area contributed by atoms with Gasteiger partial charge in [-0.05, 0) is 31.4 Å². The molecule has 114 valence electrons. The zero-order valence-corrected chi connectivity index (χ0v) is 12.2. The van der Waals surface area contributed by atoms with Gasteiger partial charge in [0, 0.05) is 20.2 Å². The van der Waals surface area contributed by atoms with Crippen LogP contribution in [-0.4, -0.2) is 54.3 Å². The van der Waals surface area contributed by atoms with E-state index in [9.17, 15) is 4.79 Å². The van der Waals surface area contributed by atoms with Gasteiger partial charge < -0.3 is 19.5 Å². The molecule has 1 unspecified atom stereocenters. The van der Waals surface area contributed by atoms with Crippen molar-refractivity contribution >= 4 is 5.91 Å². The van der Waals surface area contributed by atoms with Crippen LogP contribution >= 0.6 is 0 Å². The molecule has 1 fully saturated rings. The zero-order valence-electron chi connectivity index (χ0n) is 12.2. The summed E-state index contributed by atoms with van der Waals surface area (Å²) >= 11 is 0. The van der Waals surface area contributed by atoms with E-state index in [4.69, 9.17) is 9.26 Å². The smallest absolute Gasteiger partial charge is 0.295 e. The average Bonchev–Trinajstić information content (AvgIpc) is 3.19. The number of carbonyl (C=O) groups excluding carboxylic acids is 1. The molecule has 2 aliphatic heterocycles. The molecule has 0 saturated carbocycles. The molecular weight excluding hydrogens is 272 g/mol. The molecule has 1 aromatic heterocycles. The summed E-state index contributed by atoms with van der Waals surface area (Å²) in [4.78, 5) is 18.3. The van der Waals surface area contributed by atoms with Crippen molar-refractivity contribution in [3.8, 4) is 0 Å². The van der Waals surface area contributed by atoms with Crippen LogP contribution in [0, 0.1) is 0 Å². The van der Waals surface area contributed by atoms with Gasteiger partial charge in [0.2, 0.25) is 5.89 Å². The van der Waals surface area contributed by atoms with Gasteiger partial charge in [0.25, 0.3) is 11.7 Å². The third kappa shape index (κ3) is 3.14. The number of carbonyl (C=O) groups is 1. The summed E-state index contributed by atoms with van der Waals surface area (Å²) in [6.07, 6.45) is 4.93. The Bertz CT molecular complexity index is 534. The highest BCUT2D eigenvalue weighted by Gasteiger charge is 2.27. The minimum Gasteiger partial charge on any atom is -0.380 e. The highest BCUT2D eigenvalue weighted by atomic mass is 16.5. The number of rotatable bonds is 4. The largest absolute Gasteiger partial charge is 0.380 e. The summed E-state index contributed by atoms with van der Waals surface area (Å²) in [5.74, 6) is 0.501. The molecule has 1 atom stereocenters. The van der Waals surface area contributed by atoms with Crippen molar-refractivity contribution in [3.63, 3.8) is 0 Å². The number of hydrogen-bond donors (Lipinski definition) is 1. The van der Waals surface area contributed by atoms with Crippen LogP contribution < -0.4 is 5.32 Å². The standard InChI is InChI=1S/C14H20N4O3/c1-20-9-10-4-7-18(8-5-10)14(19)12-16-13(21-17-12)11-3-2-6-15-11/h4,11,15H,2-3,5-9H2,1H3. The van der Waals surface area contributed by atoms with Crippen LogP contribution in [0.4, 0.5) is 0 Å². The number of hydrogen-bond acceptors (Lipinski definition) is 6. The molecule has 0 aromatic carbocycles. The molecule has 0 spiro atoms. The molecule has 0 bridgehead atoms. The number of ether oxygens (including phenoxy) is 1. The topological polar surface area (TPSA) is 80.5 Å². The van der Waals surface area contributed by atoms with E-state index in [0.29, 0.717) is 25.6 Å². The van der Waals surface area contributed by atoms with Crippen LogP contribution in [0.3, 0.4) is 0 Å². The van der Waals surface area contributed by atoms with Crippen molar-refractivity contribution in [1.29, 1.82) is 0 Å². The van der Waals surface area contributed by atoms with Gasteiger partial charge in [0.05, 0.1) is 12.6 Å². The lowest BCUT2D eigenvalue weighted by molar-refractivity contribution is 0.0749. The van der Waals surface area contributed by atoms with Crippen LogP contribution in [0.15, 0.2) is 16.2 Å². The molecule has 1 saturated heterocycles. The highest BCUT2D eigenvalue weighted by Crippen LogP contribution is 2.21. The summed E-state index contributed by atoms with van der Waals surface area (Å²) in [7, 11) is 1.68. The summed E-state index contributed by atoms with van der Waals surface area (Å²) in [5, 5.41) is 7.11. The molecule has 21 heavy (non-hydrogen) atoms. The van der Waals surface area contributed by atoms with Crippen LogP contribution in [0.5, 0.6) is 0 Å². The predicted molar refractivity (Wildman–Crippen MR) is 74.8 cm³/mol. The first kappa shape index (κ1) is 14.2. The Hall–Kier alpha value is -1.73. The van der Waals surface area contributed by atoms with Crippen molar-refractivity contribution in [2.75, 3.05) is 33.4 Å². The molecule has 1 N–H and O–H groups in total. The minimum atomic E-state index is -0.171. The maximum absolute atomic E-state index is 12.4. The Morgan fingerprint density at radius 2 is 2.52 bits per heavy atom. The molecule has 1 aromatic rings. The van der Waals surface area contributed by atoms with Crippen molar-refractivity contribution in [3.05, 3.63) is 23.4 Å². The lowest BCUT2D eigenvalue weighted by Crippen LogP contribution is -2.36. The van der Waals surface area contributed by atoms with E-state index < -0.39 is 0 Å². The Kier molecular flexibility index (Phi) is 4.31. The monoisotopic (exact) mass is 292 g/mol. The fourth-order valence-corrected chi connectivity index (χ4v) is 2.71. The Morgan fingerprint density at radius 3 is 3.19 bits per heavy atom. The van der Waals surface area contributed by atoms with Gasteiger partial charge in [-0.15, -0.1) is 0 Å². The third-order valence-corrected chi connectivity index (χ3v) is 3.91. The summed E-state index contributed by atoms with van der Waals surface area (Å²) < 4.78 is 10.3. The maximum Gasteiger partial charge on any atom is 0.295 e. The van der Waals surface area contributed by atoms with E-state index in [2.05, 4.69) is 15.5 Å². The maximum atomic E-state index is 12.4. The normalized spacial score (nSPS) is 22.4. The second kappa shape index (κ2) is 6.36. The molecule has 3 rings (SSSR count). The second-order valence-corrected chi connectivity index (χ2v) is 5.40. The van der Waals surface area contributed by atoms with E-state index in [0.717, 1.165) is 25.8 Å². The number of aromatic nitrogens is 2. The quantitative estimate of drug-likeness (QED) is 0.831. The van der Waals surface area contributed by atoms with Crippen molar-refractivity contribution < 1.29 is 14.1 Å². The SMILES string of the molecule is COCC1=CCN(C(=O)c2noc(C3CCCN3)n2)CC1. The van der Waals surface area contributed by atoms with Gasteiger partial charge in [-0.25, -0.2) is 0 Å². The second-order valence-electron chi connectivity index (χ2n) is 5.40. The van der Waals surface area contributed by atoms with E-state index in [1.165, 1.54) is 5.57 Å². The number of amides is 1. The fourth-order valence-electron chi connectivity index (χ4n) is 2.71. The van der Waals surface area contributed by atoms with Crippen LogP contribution in [0.2, 0.25) is 0 Å². The van der Waals surface area contributed by atoms with Crippen molar-refractivity contribution in [2.45, 2.75) is 25.3 Å². The number of nitrogens with zero attached hydrogens (tertiary/aromatic N) is 3. The predicted octanol–water partition coefficient (Wildman–Crippen LogP) is 0.913. The Balaban J connectivity index is 1.63. The van der Waals surface area contributed by atoms with Crippen LogP contribution in [-0.2, 0) is 4.74 Å². The molecule has 7 nitrogen and oxygen atoms in total. The molecule has 2 aliphatic rings. The van der Waals surface area contributed by atoms with Gasteiger partial charge in [0.15, 0.2) is 0 Å². The molecule has 3 heterocycles. The highest BCUT2D eigenvalue weighted by molar-refractivity contribution is 5.90. The van der Waals surface area contributed by atoms with Gasteiger partial charge in [-0.1, -0.05) is 11.2 Å². The summed E-state index contributed by atoms with van der Waals surface area (Å²) in [5.41, 5.74) is 1.23. The fraction of sp³-hybridized carbons (Fsp3) is 0.643. The molecular formula is C14H20N4O3. The first-order valence-corrected chi connectivity index (χ1v) is 7.31. The Labute approximate surface area is 123 Å². The third-order valence-electron chi connectivity index (χ3n) is 3.91. The average molecular weight is 292 g/mol. The van der Waals surface area contributed by atoms with E-state index in [1.807, 2.05) is 6.08 Å². The molecule has 0 radical (unpaired) electrons. The zero-order chi connectivity index (χ0) is 14.7. The number of nitrogens with one attached hydrogen (secondary N) is 1. The Morgan fingerprint density at radius 1 is 1.62 bits per heavy atom. The summed E-state index contributed by atoms with van der Waals surface area (Å²) in [6.45, 7) is 2.82. The van der Waals surface area contributed by atoms with Crippen LogP contribution in [0.25, 0.3) is 0 Å². The van der Waals surface area contributed by atoms with E-state index in [1.54, 1.807) is 12.0 Å². The number of methoxy groups -OCH3 is 1.